The van der Waals surface area contributed by atoms with E-state index in [1.165, 1.54) is 68.9 Å². The second kappa shape index (κ2) is 9.15. The van der Waals surface area contributed by atoms with Crippen molar-refractivity contribution in [1.82, 2.24) is 0 Å². The Morgan fingerprint density at radius 1 is 1.11 bits per heavy atom. The highest BCUT2D eigenvalue weighted by Gasteiger charge is 2.53. The summed E-state index contributed by atoms with van der Waals surface area (Å²) in [5.74, 6) is 2.53. The summed E-state index contributed by atoms with van der Waals surface area (Å²) in [5, 5.41) is 0. The Hall–Kier alpha value is -0.780. The van der Waals surface area contributed by atoms with Crippen LogP contribution in [-0.4, -0.2) is 0 Å². The standard InChI is InChI=1S/C25H40.C2H6/c1-7-24(4,5)23-15-14-22-20(9-8-16-25(22,23)6)12-13-21-17-18(2)10-11-19(21)3;1-2/h12-13,18,22-23H,3,7-11,14-17H2,1-2,4-6H3;1-2H3/b20-12+,21-13-;/t18-,22?,23+,25-;/m0./s1. The first kappa shape index (κ1) is 22.5. The first-order chi connectivity index (χ1) is 12.8. The highest BCUT2D eigenvalue weighted by atomic mass is 14.6. The van der Waals surface area contributed by atoms with Crippen LogP contribution in [-0.2, 0) is 0 Å². The Morgan fingerprint density at radius 3 is 2.48 bits per heavy atom. The Kier molecular flexibility index (Phi) is 7.62. The highest BCUT2D eigenvalue weighted by Crippen LogP contribution is 2.62. The van der Waals surface area contributed by atoms with Crippen LogP contribution in [0, 0.1) is 28.6 Å². The molecule has 0 heteroatoms. The van der Waals surface area contributed by atoms with Gasteiger partial charge in [0, 0.05) is 0 Å². The fourth-order valence-electron chi connectivity index (χ4n) is 6.37. The second-order valence-electron chi connectivity index (χ2n) is 10.3. The largest absolute Gasteiger partial charge is 0.0956 e. The minimum Gasteiger partial charge on any atom is -0.0956 e. The van der Waals surface area contributed by atoms with Gasteiger partial charge in [-0.25, -0.2) is 0 Å². The fraction of sp³-hybridized carbons (Fsp3) is 0.778. The van der Waals surface area contributed by atoms with Crippen LogP contribution >= 0.6 is 0 Å². The summed E-state index contributed by atoms with van der Waals surface area (Å²) in [6, 6.07) is 0. The molecule has 3 saturated carbocycles. The number of hydrogen-bond donors (Lipinski definition) is 0. The number of rotatable bonds is 3. The van der Waals surface area contributed by atoms with Crippen LogP contribution < -0.4 is 0 Å². The van der Waals surface area contributed by atoms with E-state index >= 15 is 0 Å². The predicted octanol–water partition coefficient (Wildman–Crippen LogP) is 8.89. The maximum absolute atomic E-state index is 4.33. The minimum atomic E-state index is 0.484. The van der Waals surface area contributed by atoms with E-state index in [0.29, 0.717) is 10.8 Å². The Balaban J connectivity index is 0.00000126. The van der Waals surface area contributed by atoms with Crippen molar-refractivity contribution in [3.63, 3.8) is 0 Å². The van der Waals surface area contributed by atoms with Crippen molar-refractivity contribution < 1.29 is 0 Å². The van der Waals surface area contributed by atoms with Crippen LogP contribution in [0.5, 0.6) is 0 Å². The molecule has 0 aliphatic heterocycles. The van der Waals surface area contributed by atoms with E-state index in [9.17, 15) is 0 Å². The smallest absolute Gasteiger partial charge is 0.0143 e. The molecular weight excluding hydrogens is 324 g/mol. The SMILES string of the molecule is C=C1CC[C@H](C)C/C1=C/C=C1\CCC[C@@]2(C)C1CC[C@@H]2C(C)(C)CC.CC. The van der Waals surface area contributed by atoms with Crippen molar-refractivity contribution in [2.75, 3.05) is 0 Å². The molecule has 0 bridgehead atoms. The van der Waals surface area contributed by atoms with Crippen molar-refractivity contribution in [3.8, 4) is 0 Å². The molecule has 0 aromatic carbocycles. The molecular formula is C27H46. The molecule has 0 saturated heterocycles. The summed E-state index contributed by atoms with van der Waals surface area (Å²) in [4.78, 5) is 0. The Bertz CT molecular complexity index is 573. The zero-order chi connectivity index (χ0) is 20.2. The van der Waals surface area contributed by atoms with Gasteiger partial charge in [-0.15, -0.1) is 0 Å². The zero-order valence-electron chi connectivity index (χ0n) is 19.5. The van der Waals surface area contributed by atoms with E-state index in [-0.39, 0.29) is 0 Å². The minimum absolute atomic E-state index is 0.484. The molecule has 0 radical (unpaired) electrons. The molecule has 3 aliphatic rings. The molecule has 3 aliphatic carbocycles. The van der Waals surface area contributed by atoms with Crippen LogP contribution in [0.25, 0.3) is 0 Å². The van der Waals surface area contributed by atoms with Crippen molar-refractivity contribution in [2.24, 2.45) is 28.6 Å². The van der Waals surface area contributed by atoms with Gasteiger partial charge in [0.25, 0.3) is 0 Å². The average Bonchev–Trinajstić information content (AvgIpc) is 3.02. The average molecular weight is 371 g/mol. The lowest BCUT2D eigenvalue weighted by molar-refractivity contribution is 0.0435. The third-order valence-electron chi connectivity index (χ3n) is 8.28. The van der Waals surface area contributed by atoms with Crippen molar-refractivity contribution >= 4 is 0 Å². The number of hydrogen-bond acceptors (Lipinski definition) is 0. The van der Waals surface area contributed by atoms with Gasteiger partial charge in [0.2, 0.25) is 0 Å². The van der Waals surface area contributed by atoms with E-state index in [4.69, 9.17) is 0 Å². The fourth-order valence-corrected chi connectivity index (χ4v) is 6.37. The molecule has 3 fully saturated rings. The molecule has 27 heavy (non-hydrogen) atoms. The topological polar surface area (TPSA) is 0 Å². The van der Waals surface area contributed by atoms with E-state index in [2.05, 4.69) is 53.3 Å². The Labute approximate surface area is 170 Å². The molecule has 0 amide bonds. The van der Waals surface area contributed by atoms with Gasteiger partial charge in [-0.1, -0.05) is 84.8 Å². The van der Waals surface area contributed by atoms with Crippen molar-refractivity contribution in [3.05, 3.63) is 35.5 Å². The number of fused-ring (bicyclic) bond motifs is 1. The Morgan fingerprint density at radius 2 is 1.81 bits per heavy atom. The van der Waals surface area contributed by atoms with Gasteiger partial charge in [0.05, 0.1) is 0 Å². The van der Waals surface area contributed by atoms with Crippen LogP contribution in [0.15, 0.2) is 35.5 Å². The molecule has 0 aromatic heterocycles. The maximum atomic E-state index is 4.33. The van der Waals surface area contributed by atoms with Crippen LogP contribution in [0.2, 0.25) is 0 Å². The van der Waals surface area contributed by atoms with Gasteiger partial charge < -0.3 is 0 Å². The summed E-state index contributed by atoms with van der Waals surface area (Å²) in [5.41, 5.74) is 5.68. The summed E-state index contributed by atoms with van der Waals surface area (Å²) >= 11 is 0. The first-order valence-corrected chi connectivity index (χ1v) is 11.9. The van der Waals surface area contributed by atoms with Gasteiger partial charge in [0.15, 0.2) is 0 Å². The first-order valence-electron chi connectivity index (χ1n) is 11.9. The van der Waals surface area contributed by atoms with E-state index in [1.54, 1.807) is 5.57 Å². The van der Waals surface area contributed by atoms with E-state index in [1.807, 2.05) is 13.8 Å². The lowest BCUT2D eigenvalue weighted by Gasteiger charge is -2.48. The molecule has 0 spiro atoms. The van der Waals surface area contributed by atoms with Gasteiger partial charge in [-0.05, 0) is 85.5 Å². The molecule has 0 aromatic rings. The zero-order valence-corrected chi connectivity index (χ0v) is 19.5. The second-order valence-corrected chi connectivity index (χ2v) is 10.3. The molecule has 154 valence electrons. The highest BCUT2D eigenvalue weighted by molar-refractivity contribution is 5.36. The summed E-state index contributed by atoms with van der Waals surface area (Å²) in [6.07, 6.45) is 17.0. The quantitative estimate of drug-likeness (QED) is 0.465. The van der Waals surface area contributed by atoms with Gasteiger partial charge in [-0.3, -0.25) is 0 Å². The van der Waals surface area contributed by atoms with Gasteiger partial charge >= 0.3 is 0 Å². The van der Waals surface area contributed by atoms with Gasteiger partial charge in [0.1, 0.15) is 0 Å². The third kappa shape index (κ3) is 4.63. The molecule has 0 N–H and O–H groups in total. The van der Waals surface area contributed by atoms with Crippen molar-refractivity contribution in [2.45, 2.75) is 106 Å². The van der Waals surface area contributed by atoms with Crippen LogP contribution in [0.1, 0.15) is 106 Å². The summed E-state index contributed by atoms with van der Waals surface area (Å²) in [6.45, 7) is 20.8. The van der Waals surface area contributed by atoms with Crippen molar-refractivity contribution in [1.29, 1.82) is 0 Å². The molecule has 0 nitrogen and oxygen atoms in total. The summed E-state index contributed by atoms with van der Waals surface area (Å²) < 4.78 is 0. The summed E-state index contributed by atoms with van der Waals surface area (Å²) in [7, 11) is 0. The van der Waals surface area contributed by atoms with E-state index in [0.717, 1.165) is 17.8 Å². The lowest BCUT2D eigenvalue weighted by atomic mass is 9.57. The van der Waals surface area contributed by atoms with Crippen LogP contribution in [0.3, 0.4) is 0 Å². The van der Waals surface area contributed by atoms with Crippen LogP contribution in [0.4, 0.5) is 0 Å². The molecule has 1 unspecified atom stereocenters. The maximum Gasteiger partial charge on any atom is -0.0143 e. The molecule has 3 rings (SSSR count). The molecule has 4 atom stereocenters. The predicted molar refractivity (Wildman–Crippen MR) is 122 cm³/mol. The third-order valence-corrected chi connectivity index (χ3v) is 8.28. The van der Waals surface area contributed by atoms with Gasteiger partial charge in [-0.2, -0.15) is 0 Å². The lowest BCUT2D eigenvalue weighted by Crippen LogP contribution is -2.39. The molecule has 0 heterocycles. The van der Waals surface area contributed by atoms with E-state index < -0.39 is 0 Å². The normalized spacial score (nSPS) is 37.1. The monoisotopic (exact) mass is 370 g/mol. The number of allylic oxidation sites excluding steroid dienone is 5.